The molecule has 0 saturated heterocycles. The van der Waals surface area contributed by atoms with Gasteiger partial charge in [-0.25, -0.2) is 4.39 Å². The van der Waals surface area contributed by atoms with Crippen LogP contribution in [0.5, 0.6) is 0 Å². The summed E-state index contributed by atoms with van der Waals surface area (Å²) in [5.41, 5.74) is 2.19. The van der Waals surface area contributed by atoms with Gasteiger partial charge in [0.05, 0.1) is 16.3 Å². The van der Waals surface area contributed by atoms with Crippen LogP contribution in [0.15, 0.2) is 52.6 Å². The van der Waals surface area contributed by atoms with E-state index in [1.54, 1.807) is 13.8 Å². The van der Waals surface area contributed by atoms with Gasteiger partial charge in [-0.2, -0.15) is 10.2 Å². The van der Waals surface area contributed by atoms with E-state index in [2.05, 4.69) is 28.7 Å². The highest BCUT2D eigenvalue weighted by Gasteiger charge is 2.18. The van der Waals surface area contributed by atoms with E-state index >= 15 is 0 Å². The molecule has 1 aliphatic carbocycles. The SMILES string of the molecule is C=C(F)/C(=C\C(=C)/C(C)=N/N=C\C)NC(=O)c1cc2c(s1)CCCC2.CC.CC.CC. The number of fused-ring (bicyclic) bond motifs is 1. The summed E-state index contributed by atoms with van der Waals surface area (Å²) < 4.78 is 13.8. The number of nitrogens with zero attached hydrogens (tertiary/aromatic N) is 2. The largest absolute Gasteiger partial charge is 0.319 e. The summed E-state index contributed by atoms with van der Waals surface area (Å²) in [6, 6.07) is 1.91. The zero-order valence-corrected chi connectivity index (χ0v) is 21.4. The second kappa shape index (κ2) is 18.4. The highest BCUT2D eigenvalue weighted by molar-refractivity contribution is 7.14. The normalized spacial score (nSPS) is 12.8. The van der Waals surface area contributed by atoms with Crippen molar-refractivity contribution in [2.45, 2.75) is 81.1 Å². The average Bonchev–Trinajstić information content (AvgIpc) is 3.25. The predicted octanol–water partition coefficient (Wildman–Crippen LogP) is 7.83. The lowest BCUT2D eigenvalue weighted by atomic mass is 9.99. The van der Waals surface area contributed by atoms with Crippen LogP contribution >= 0.6 is 11.3 Å². The molecule has 1 aromatic heterocycles. The molecule has 0 aromatic carbocycles. The van der Waals surface area contributed by atoms with Crippen LogP contribution in [-0.4, -0.2) is 17.8 Å². The molecule has 1 N–H and O–H groups in total. The van der Waals surface area contributed by atoms with Crippen LogP contribution in [0.3, 0.4) is 0 Å². The van der Waals surface area contributed by atoms with Gasteiger partial charge in [-0.3, -0.25) is 4.79 Å². The van der Waals surface area contributed by atoms with Crippen LogP contribution in [-0.2, 0) is 12.8 Å². The van der Waals surface area contributed by atoms with Crippen molar-refractivity contribution >= 4 is 29.2 Å². The van der Waals surface area contributed by atoms with Gasteiger partial charge in [0.1, 0.15) is 5.83 Å². The average molecular weight is 450 g/mol. The maximum atomic E-state index is 13.8. The predicted molar refractivity (Wildman–Crippen MR) is 137 cm³/mol. The van der Waals surface area contributed by atoms with Crippen LogP contribution in [0, 0.1) is 0 Å². The van der Waals surface area contributed by atoms with Crippen LogP contribution in [0.1, 0.15) is 88.3 Å². The van der Waals surface area contributed by atoms with Crippen molar-refractivity contribution in [2.75, 3.05) is 0 Å². The van der Waals surface area contributed by atoms with Gasteiger partial charge >= 0.3 is 0 Å². The molecule has 0 spiro atoms. The second-order valence-corrected chi connectivity index (χ2v) is 6.90. The quantitative estimate of drug-likeness (QED) is 0.268. The lowest BCUT2D eigenvalue weighted by Crippen LogP contribution is -2.22. The molecular formula is C25H40FN3OS. The monoisotopic (exact) mass is 449 g/mol. The molecule has 0 fully saturated rings. The number of carbonyl (C=O) groups is 1. The Morgan fingerprint density at radius 1 is 1.13 bits per heavy atom. The van der Waals surface area contributed by atoms with E-state index in [1.165, 1.54) is 34.1 Å². The third-order valence-corrected chi connectivity index (χ3v) is 5.10. The summed E-state index contributed by atoms with van der Waals surface area (Å²) in [6.45, 7) is 22.6. The fourth-order valence-corrected chi connectivity index (χ4v) is 3.60. The number of thiophene rings is 1. The van der Waals surface area contributed by atoms with E-state index in [0.29, 0.717) is 16.2 Å². The first-order valence-corrected chi connectivity index (χ1v) is 11.9. The highest BCUT2D eigenvalue weighted by Crippen LogP contribution is 2.29. The van der Waals surface area contributed by atoms with E-state index in [9.17, 15) is 9.18 Å². The van der Waals surface area contributed by atoms with Gasteiger partial charge in [-0.1, -0.05) is 54.7 Å². The van der Waals surface area contributed by atoms with Crippen LogP contribution < -0.4 is 5.32 Å². The Morgan fingerprint density at radius 2 is 1.71 bits per heavy atom. The third kappa shape index (κ3) is 11.0. The number of halogens is 1. The van der Waals surface area contributed by atoms with Crippen molar-refractivity contribution in [3.63, 3.8) is 0 Å². The van der Waals surface area contributed by atoms with E-state index in [0.717, 1.165) is 25.7 Å². The zero-order valence-electron chi connectivity index (χ0n) is 20.6. The molecule has 0 saturated carbocycles. The Balaban J connectivity index is 0. The fourth-order valence-electron chi connectivity index (χ4n) is 2.46. The summed E-state index contributed by atoms with van der Waals surface area (Å²) in [4.78, 5) is 14.3. The van der Waals surface area contributed by atoms with Crippen molar-refractivity contribution in [1.29, 1.82) is 0 Å². The van der Waals surface area contributed by atoms with Gasteiger partial charge in [0, 0.05) is 11.1 Å². The van der Waals surface area contributed by atoms with Gasteiger partial charge in [0.25, 0.3) is 5.91 Å². The molecule has 2 rings (SSSR count). The molecule has 1 aliphatic rings. The molecular weight excluding hydrogens is 409 g/mol. The number of aryl methyl sites for hydroxylation is 2. The summed E-state index contributed by atoms with van der Waals surface area (Å²) in [6.07, 6.45) is 7.27. The minimum Gasteiger partial charge on any atom is -0.319 e. The van der Waals surface area contributed by atoms with Gasteiger partial charge < -0.3 is 5.32 Å². The van der Waals surface area contributed by atoms with Gasteiger partial charge in [-0.15, -0.1) is 11.3 Å². The molecule has 0 atom stereocenters. The van der Waals surface area contributed by atoms with Crippen LogP contribution in [0.25, 0.3) is 0 Å². The van der Waals surface area contributed by atoms with Crippen molar-refractivity contribution in [2.24, 2.45) is 10.2 Å². The third-order valence-electron chi connectivity index (χ3n) is 3.87. The number of nitrogens with one attached hydrogen (secondary N) is 1. The molecule has 4 nitrogen and oxygen atoms in total. The highest BCUT2D eigenvalue weighted by atomic mass is 32.1. The van der Waals surface area contributed by atoms with Crippen molar-refractivity contribution < 1.29 is 9.18 Å². The standard InChI is InChI=1S/C19H22FN3OS.3C2H6/c1-5-21-23-14(4)12(2)10-16(13(3)20)22-19(24)18-11-15-8-6-7-9-17(15)25-18;3*1-2/h5,10-11H,2-3,6-9H2,1,4H3,(H,22,24);3*1-2H3/b16-10+,21-5-,23-14+;;;. The minimum absolute atomic E-state index is 0.0172. The lowest BCUT2D eigenvalue weighted by molar-refractivity contribution is 0.0969. The molecule has 6 heteroatoms. The van der Waals surface area contributed by atoms with E-state index < -0.39 is 5.83 Å². The first-order valence-electron chi connectivity index (χ1n) is 11.1. The molecule has 0 radical (unpaired) electrons. The van der Waals surface area contributed by atoms with Crippen molar-refractivity contribution in [3.05, 3.63) is 57.7 Å². The smallest absolute Gasteiger partial charge is 0.265 e. The fraction of sp³-hybridized carbons (Fsp3) is 0.480. The Kier molecular flexibility index (Phi) is 18.3. The number of rotatable bonds is 6. The maximum absolute atomic E-state index is 13.8. The molecule has 174 valence electrons. The topological polar surface area (TPSA) is 53.8 Å². The van der Waals surface area contributed by atoms with Gasteiger partial charge in [0.2, 0.25) is 0 Å². The number of carbonyl (C=O) groups excluding carboxylic acids is 1. The Hall–Kier alpha value is -2.34. The minimum atomic E-state index is -0.734. The molecule has 0 unspecified atom stereocenters. The first-order chi connectivity index (χ1) is 14.9. The van der Waals surface area contributed by atoms with E-state index in [4.69, 9.17) is 0 Å². The Morgan fingerprint density at radius 3 is 2.23 bits per heavy atom. The van der Waals surface area contributed by atoms with Gasteiger partial charge in [-0.05, 0) is 62.8 Å². The molecule has 0 bridgehead atoms. The molecule has 0 aliphatic heterocycles. The summed E-state index contributed by atoms with van der Waals surface area (Å²) in [5.74, 6) is -1.07. The first kappa shape index (κ1) is 30.9. The lowest BCUT2D eigenvalue weighted by Gasteiger charge is -2.08. The van der Waals surface area contributed by atoms with Crippen LogP contribution in [0.4, 0.5) is 4.39 Å². The summed E-state index contributed by atoms with van der Waals surface area (Å²) >= 11 is 1.48. The molecule has 1 aromatic rings. The number of hydrogen-bond donors (Lipinski definition) is 1. The molecule has 31 heavy (non-hydrogen) atoms. The summed E-state index contributed by atoms with van der Waals surface area (Å²) in [5, 5.41) is 10.3. The van der Waals surface area contributed by atoms with E-state index in [-0.39, 0.29) is 11.6 Å². The second-order valence-electron chi connectivity index (χ2n) is 5.77. The summed E-state index contributed by atoms with van der Waals surface area (Å²) in [7, 11) is 0. The number of allylic oxidation sites excluding steroid dienone is 3. The number of amides is 1. The molecule has 1 amide bonds. The van der Waals surface area contributed by atoms with E-state index in [1.807, 2.05) is 47.6 Å². The Labute approximate surface area is 192 Å². The van der Waals surface area contributed by atoms with Gasteiger partial charge in [0.15, 0.2) is 0 Å². The number of hydrogen-bond acceptors (Lipinski definition) is 4. The van der Waals surface area contributed by atoms with Crippen molar-refractivity contribution in [1.82, 2.24) is 5.32 Å². The Bertz CT molecular complexity index is 765. The maximum Gasteiger partial charge on any atom is 0.265 e. The van der Waals surface area contributed by atoms with Crippen LogP contribution in [0.2, 0.25) is 0 Å². The van der Waals surface area contributed by atoms with Crippen molar-refractivity contribution in [3.8, 4) is 0 Å². The molecule has 1 heterocycles. The zero-order chi connectivity index (χ0) is 24.4.